The monoisotopic (exact) mass is 237 g/mol. The molecular weight excluding hydrogens is 210 g/mol. The molecule has 0 amide bonds. The Morgan fingerprint density at radius 1 is 1.18 bits per heavy atom. The van der Waals surface area contributed by atoms with Crippen LogP contribution in [0, 0.1) is 11.3 Å². The number of nitrogens with one attached hydrogen (secondary N) is 1. The topological polar surface area (TPSA) is 21.3 Å². The molecule has 0 aromatic heterocycles. The molecule has 2 unspecified atom stereocenters. The van der Waals surface area contributed by atoms with E-state index in [1.807, 2.05) is 0 Å². The Morgan fingerprint density at radius 3 is 2.53 bits per heavy atom. The molecule has 3 saturated carbocycles. The van der Waals surface area contributed by atoms with E-state index < -0.39 is 0 Å². The highest BCUT2D eigenvalue weighted by atomic mass is 16.5. The molecule has 2 heteroatoms. The van der Waals surface area contributed by atoms with E-state index in [-0.39, 0.29) is 0 Å². The first-order valence-electron chi connectivity index (χ1n) is 7.70. The molecule has 0 bridgehead atoms. The van der Waals surface area contributed by atoms with Crippen LogP contribution in [0.4, 0.5) is 0 Å². The van der Waals surface area contributed by atoms with Gasteiger partial charge in [-0.15, -0.1) is 0 Å². The first-order valence-corrected chi connectivity index (χ1v) is 7.70. The summed E-state index contributed by atoms with van der Waals surface area (Å²) in [6, 6.07) is 0.766. The highest BCUT2D eigenvalue weighted by Gasteiger charge is 2.56. The molecule has 3 aliphatic carbocycles. The van der Waals surface area contributed by atoms with Crippen molar-refractivity contribution in [2.24, 2.45) is 11.3 Å². The molecule has 3 aliphatic rings. The summed E-state index contributed by atoms with van der Waals surface area (Å²) in [5.74, 6) is 0.986. The lowest BCUT2D eigenvalue weighted by atomic mass is 9.60. The van der Waals surface area contributed by atoms with E-state index in [0.29, 0.717) is 11.5 Å². The van der Waals surface area contributed by atoms with E-state index in [1.165, 1.54) is 57.9 Å². The Hall–Kier alpha value is -0.0800. The minimum absolute atomic E-state index is 0.528. The van der Waals surface area contributed by atoms with Gasteiger partial charge in [0.25, 0.3) is 0 Å². The Labute approximate surface area is 105 Å². The minimum atomic E-state index is 0.528. The van der Waals surface area contributed by atoms with Crippen molar-refractivity contribution in [1.29, 1.82) is 0 Å². The van der Waals surface area contributed by atoms with Gasteiger partial charge in [0.05, 0.1) is 6.10 Å². The van der Waals surface area contributed by atoms with E-state index in [4.69, 9.17) is 4.74 Å². The zero-order valence-electron chi connectivity index (χ0n) is 11.2. The first-order chi connectivity index (χ1) is 8.35. The predicted molar refractivity (Wildman–Crippen MR) is 70.1 cm³/mol. The molecule has 0 radical (unpaired) electrons. The molecule has 0 heterocycles. The Morgan fingerprint density at radius 2 is 1.94 bits per heavy atom. The van der Waals surface area contributed by atoms with E-state index in [1.54, 1.807) is 0 Å². The Kier molecular flexibility index (Phi) is 3.45. The number of hydrogen-bond acceptors (Lipinski definition) is 2. The van der Waals surface area contributed by atoms with Gasteiger partial charge in [0.2, 0.25) is 0 Å². The van der Waals surface area contributed by atoms with Crippen LogP contribution in [0.25, 0.3) is 0 Å². The quantitative estimate of drug-likeness (QED) is 0.793. The molecular formula is C15H27NO. The van der Waals surface area contributed by atoms with Crippen LogP contribution in [-0.2, 0) is 4.74 Å². The standard InChI is InChI=1S/C15H27NO/c1-2-17-14-10-13(15(14)8-3-4-9-15)16-11-12-6-5-7-12/h12-14,16H,2-11H2,1H3. The summed E-state index contributed by atoms with van der Waals surface area (Å²) < 4.78 is 5.95. The fraction of sp³-hybridized carbons (Fsp3) is 1.00. The van der Waals surface area contributed by atoms with Crippen molar-refractivity contribution in [2.75, 3.05) is 13.2 Å². The third kappa shape index (κ3) is 2.04. The van der Waals surface area contributed by atoms with Crippen molar-refractivity contribution in [1.82, 2.24) is 5.32 Å². The predicted octanol–water partition coefficient (Wildman–Crippen LogP) is 3.11. The number of ether oxygens (including phenoxy) is 1. The largest absolute Gasteiger partial charge is 0.378 e. The molecule has 3 fully saturated rings. The molecule has 0 saturated heterocycles. The van der Waals surface area contributed by atoms with Gasteiger partial charge in [0.15, 0.2) is 0 Å². The van der Waals surface area contributed by atoms with Crippen LogP contribution >= 0.6 is 0 Å². The molecule has 1 spiro atoms. The van der Waals surface area contributed by atoms with Crippen LogP contribution in [0.3, 0.4) is 0 Å². The van der Waals surface area contributed by atoms with Crippen molar-refractivity contribution in [2.45, 2.75) is 70.4 Å². The SMILES string of the molecule is CCOC1CC(NCC2CCC2)C12CCCC2. The summed E-state index contributed by atoms with van der Waals surface area (Å²) in [6.45, 7) is 4.30. The highest BCUT2D eigenvalue weighted by molar-refractivity contribution is 5.10. The summed E-state index contributed by atoms with van der Waals surface area (Å²) >= 11 is 0. The maximum atomic E-state index is 5.95. The minimum Gasteiger partial charge on any atom is -0.378 e. The van der Waals surface area contributed by atoms with Gasteiger partial charge in [-0.3, -0.25) is 0 Å². The second-order valence-electron chi connectivity index (χ2n) is 6.38. The van der Waals surface area contributed by atoms with Crippen LogP contribution < -0.4 is 5.32 Å². The molecule has 17 heavy (non-hydrogen) atoms. The molecule has 0 aromatic carbocycles. The average Bonchev–Trinajstić information content (AvgIpc) is 2.76. The van der Waals surface area contributed by atoms with Crippen LogP contribution in [0.5, 0.6) is 0 Å². The van der Waals surface area contributed by atoms with Gasteiger partial charge in [-0.05, 0) is 51.5 Å². The summed E-state index contributed by atoms with van der Waals surface area (Å²) in [7, 11) is 0. The summed E-state index contributed by atoms with van der Waals surface area (Å²) in [5.41, 5.74) is 0.528. The normalized spacial score (nSPS) is 35.8. The molecule has 3 rings (SSSR count). The maximum absolute atomic E-state index is 5.95. The lowest BCUT2D eigenvalue weighted by Gasteiger charge is -2.54. The van der Waals surface area contributed by atoms with Gasteiger partial charge < -0.3 is 10.1 Å². The van der Waals surface area contributed by atoms with Crippen LogP contribution in [0.15, 0.2) is 0 Å². The first kappa shape index (κ1) is 12.0. The maximum Gasteiger partial charge on any atom is 0.0661 e. The lowest BCUT2D eigenvalue weighted by molar-refractivity contribution is -0.131. The third-order valence-electron chi connectivity index (χ3n) is 5.56. The number of hydrogen-bond donors (Lipinski definition) is 1. The summed E-state index contributed by atoms with van der Waals surface area (Å²) in [5, 5.41) is 3.86. The van der Waals surface area contributed by atoms with Gasteiger partial charge >= 0.3 is 0 Å². The van der Waals surface area contributed by atoms with Crippen molar-refractivity contribution in [3.05, 3.63) is 0 Å². The van der Waals surface area contributed by atoms with E-state index in [9.17, 15) is 0 Å². The fourth-order valence-electron chi connectivity index (χ4n) is 4.18. The van der Waals surface area contributed by atoms with E-state index >= 15 is 0 Å². The van der Waals surface area contributed by atoms with Gasteiger partial charge in [0, 0.05) is 18.1 Å². The second kappa shape index (κ2) is 4.89. The molecule has 1 N–H and O–H groups in total. The third-order valence-corrected chi connectivity index (χ3v) is 5.56. The lowest BCUT2D eigenvalue weighted by Crippen LogP contribution is -2.63. The Balaban J connectivity index is 1.53. The van der Waals surface area contributed by atoms with Gasteiger partial charge in [0.1, 0.15) is 0 Å². The second-order valence-corrected chi connectivity index (χ2v) is 6.38. The van der Waals surface area contributed by atoms with Crippen LogP contribution in [-0.4, -0.2) is 25.3 Å². The molecule has 98 valence electrons. The van der Waals surface area contributed by atoms with Crippen molar-refractivity contribution in [3.8, 4) is 0 Å². The zero-order valence-corrected chi connectivity index (χ0v) is 11.2. The fourth-order valence-corrected chi connectivity index (χ4v) is 4.18. The summed E-state index contributed by atoms with van der Waals surface area (Å²) in [4.78, 5) is 0. The smallest absolute Gasteiger partial charge is 0.0661 e. The summed E-state index contributed by atoms with van der Waals surface area (Å²) in [6.07, 6.45) is 11.9. The Bertz CT molecular complexity index is 256. The van der Waals surface area contributed by atoms with Crippen molar-refractivity contribution in [3.63, 3.8) is 0 Å². The van der Waals surface area contributed by atoms with E-state index in [2.05, 4.69) is 12.2 Å². The van der Waals surface area contributed by atoms with E-state index in [0.717, 1.165) is 18.6 Å². The van der Waals surface area contributed by atoms with Gasteiger partial charge in [-0.25, -0.2) is 0 Å². The van der Waals surface area contributed by atoms with Gasteiger partial charge in [-0.2, -0.15) is 0 Å². The molecule has 0 aliphatic heterocycles. The van der Waals surface area contributed by atoms with Gasteiger partial charge in [-0.1, -0.05) is 19.3 Å². The van der Waals surface area contributed by atoms with Crippen molar-refractivity contribution >= 4 is 0 Å². The molecule has 2 nitrogen and oxygen atoms in total. The molecule has 2 atom stereocenters. The number of rotatable bonds is 5. The van der Waals surface area contributed by atoms with Crippen LogP contribution in [0.2, 0.25) is 0 Å². The van der Waals surface area contributed by atoms with Crippen molar-refractivity contribution < 1.29 is 4.74 Å². The molecule has 0 aromatic rings. The highest BCUT2D eigenvalue weighted by Crippen LogP contribution is 2.54. The average molecular weight is 237 g/mol. The zero-order chi connectivity index (χ0) is 11.7. The van der Waals surface area contributed by atoms with Crippen LogP contribution in [0.1, 0.15) is 58.3 Å².